The Bertz CT molecular complexity index is 878. The lowest BCUT2D eigenvalue weighted by molar-refractivity contribution is 0.229. The van der Waals surface area contributed by atoms with Gasteiger partial charge in [0.2, 0.25) is 0 Å². The van der Waals surface area contributed by atoms with Gasteiger partial charge in [-0.15, -0.1) is 0 Å². The van der Waals surface area contributed by atoms with Crippen LogP contribution in [-0.4, -0.2) is 73.2 Å². The van der Waals surface area contributed by atoms with Crippen LogP contribution in [0.5, 0.6) is 0 Å². The fourth-order valence-corrected chi connectivity index (χ4v) is 20.3. The molecule has 2 saturated heterocycles. The Morgan fingerprint density at radius 2 is 0.833 bits per heavy atom. The fourth-order valence-electron chi connectivity index (χ4n) is 1.77. The van der Waals surface area contributed by atoms with Crippen LogP contribution in [0.4, 0.5) is 0 Å². The first-order chi connectivity index (χ1) is 13.3. The van der Waals surface area contributed by atoms with Gasteiger partial charge in [-0.25, -0.2) is 26.4 Å². The van der Waals surface area contributed by atoms with Gasteiger partial charge in [0.05, 0.1) is 0 Å². The van der Waals surface area contributed by atoms with Gasteiger partial charge in [0.25, 0.3) is 0 Å². The van der Waals surface area contributed by atoms with Crippen molar-refractivity contribution in [1.29, 1.82) is 0 Å². The zero-order valence-corrected chi connectivity index (χ0v) is 24.8. The average Bonchev–Trinajstić information content (AvgIpc) is 2.38. The smallest absolute Gasteiger partial charge is 0.414 e. The summed E-state index contributed by atoms with van der Waals surface area (Å²) in [6, 6.07) is 0. The molecule has 0 amide bonds. The van der Waals surface area contributed by atoms with E-state index in [-0.39, 0.29) is 0 Å². The molecule has 2 heterocycles. The van der Waals surface area contributed by atoms with Crippen molar-refractivity contribution in [3.63, 3.8) is 0 Å². The molecule has 2 rings (SSSR count). The molecule has 2 aliphatic heterocycles. The van der Waals surface area contributed by atoms with Crippen molar-refractivity contribution >= 4 is 92.6 Å². The van der Waals surface area contributed by atoms with Crippen molar-refractivity contribution < 1.29 is 66.1 Å². The van der Waals surface area contributed by atoms with E-state index in [4.69, 9.17) is 38.7 Å². The van der Waals surface area contributed by atoms with Crippen LogP contribution in [0.2, 0.25) is 5.79 Å². The lowest BCUT2D eigenvalue weighted by atomic mass is 11.9. The number of fused-ring (bicyclic) bond motifs is 4. The first-order valence-electron chi connectivity index (χ1n) is 7.43. The second-order valence-electron chi connectivity index (χ2n) is 5.70. The molecule has 0 aromatic carbocycles. The molecular weight excluding hydrogens is 583 g/mol. The van der Waals surface area contributed by atoms with Crippen molar-refractivity contribution in [3.8, 4) is 0 Å². The van der Waals surface area contributed by atoms with Crippen LogP contribution < -0.4 is 0 Å². The molecule has 16 nitrogen and oxygen atoms in total. The topological polar surface area (TPSA) is 195 Å². The van der Waals surface area contributed by atoms with Crippen molar-refractivity contribution in [2.45, 2.75) is 5.79 Å². The molecule has 0 aromatic heterocycles. The van der Waals surface area contributed by atoms with E-state index < -0.39 is 92.6 Å². The lowest BCUT2D eigenvalue weighted by Crippen LogP contribution is -2.19. The van der Waals surface area contributed by atoms with Gasteiger partial charge in [-0.2, -0.15) is 0 Å². The average molecular weight is 598 g/mol. The Morgan fingerprint density at radius 3 is 1.20 bits per heavy atom. The highest BCUT2D eigenvalue weighted by Gasteiger charge is 2.49. The maximum absolute atomic E-state index is 12.9. The van der Waals surface area contributed by atoms with Gasteiger partial charge in [-0.05, 0) is 0 Å². The van der Waals surface area contributed by atoms with Gasteiger partial charge in [0.1, 0.15) is 0 Å². The van der Waals surface area contributed by atoms with Gasteiger partial charge in [-0.3, -0.25) is 18.3 Å². The molecule has 25 heteroatoms. The number of phosphoric acid groups is 2. The monoisotopic (exact) mass is 598 g/mol. The number of hydrogen-bond donors (Lipinski definition) is 0. The summed E-state index contributed by atoms with van der Waals surface area (Å²) in [4.78, 5) is 0. The minimum atomic E-state index is -4.98. The van der Waals surface area contributed by atoms with E-state index in [1.807, 2.05) is 0 Å². The van der Waals surface area contributed by atoms with E-state index in [9.17, 15) is 27.4 Å². The molecule has 6 atom stereocenters. The number of rotatable bonds is 0. The zero-order valence-electron chi connectivity index (χ0n) is 15.9. The van der Waals surface area contributed by atoms with E-state index >= 15 is 0 Å². The third-order valence-electron chi connectivity index (χ3n) is 2.49. The van der Waals surface area contributed by atoms with Gasteiger partial charge >= 0.3 is 92.6 Å². The summed E-state index contributed by atoms with van der Waals surface area (Å²) in [5, 5.41) is 0. The van der Waals surface area contributed by atoms with E-state index in [2.05, 4.69) is 0 Å². The van der Waals surface area contributed by atoms with Crippen molar-refractivity contribution in [2.75, 3.05) is 26.7 Å². The maximum Gasteiger partial charge on any atom is 0.685 e. The predicted octanol–water partition coefficient (Wildman–Crippen LogP) is 3.87. The second kappa shape index (κ2) is 10.3. The largest absolute Gasteiger partial charge is 0.685 e. The summed E-state index contributed by atoms with van der Waals surface area (Å²) in [5.74, 6) is 1.24. The standard InChI is InChI=1S/2C2H9O8P3.CH3.3Al/c2*1-11(3,4)9-13(7,8)10-12(2,5)6;;;;/h2*1-2H3,(H,3,4)(H,5,6)(H,7,8);1H3;;;/q;;;3*+2/p-6. The molecule has 2 radical (unpaired) electrons. The Balaban J connectivity index is 2.54. The minimum Gasteiger partial charge on any atom is -0.414 e. The summed E-state index contributed by atoms with van der Waals surface area (Å²) < 4.78 is 124. The first kappa shape index (κ1) is 28.8. The molecule has 0 aliphatic carbocycles. The van der Waals surface area contributed by atoms with Crippen molar-refractivity contribution in [2.24, 2.45) is 0 Å². The molecule has 2 bridgehead atoms. The van der Waals surface area contributed by atoms with Crippen molar-refractivity contribution in [3.05, 3.63) is 0 Å². The normalized spacial score (nSPS) is 49.6. The molecule has 2 aliphatic rings. The minimum absolute atomic E-state index is 0.860. The number of hydrogen-bond acceptors (Lipinski definition) is 16. The highest BCUT2D eigenvalue weighted by molar-refractivity contribution is 7.73. The van der Waals surface area contributed by atoms with Gasteiger partial charge in [0, 0.05) is 26.7 Å². The summed E-state index contributed by atoms with van der Waals surface area (Å²) in [7, 11) is -27.0. The van der Waals surface area contributed by atoms with Gasteiger partial charge < -0.3 is 21.5 Å². The molecule has 0 spiro atoms. The van der Waals surface area contributed by atoms with Crippen LogP contribution in [-0.2, 0) is 66.1 Å². The zero-order chi connectivity index (χ0) is 23.1. The highest BCUT2D eigenvalue weighted by Crippen LogP contribution is 2.74. The van der Waals surface area contributed by atoms with E-state index in [0.29, 0.717) is 0 Å². The molecule has 0 N–H and O–H groups in total. The van der Waals surface area contributed by atoms with Crippen LogP contribution in [0, 0.1) is 0 Å². The Kier molecular flexibility index (Phi) is 9.88. The summed E-state index contributed by atoms with van der Waals surface area (Å²) in [6.07, 6.45) is 0. The van der Waals surface area contributed by atoms with Gasteiger partial charge in [0.15, 0.2) is 0 Å². The van der Waals surface area contributed by atoms with E-state index in [1.165, 1.54) is 5.79 Å². The Hall–Kier alpha value is 2.58. The summed E-state index contributed by atoms with van der Waals surface area (Å²) in [5.41, 5.74) is 0. The predicted molar refractivity (Wildman–Crippen MR) is 103 cm³/mol. The first-order valence-corrected chi connectivity index (χ1v) is 22.3. The molecule has 30 heavy (non-hydrogen) atoms. The molecule has 2 fully saturated rings. The Morgan fingerprint density at radius 1 is 0.533 bits per heavy atom. The van der Waals surface area contributed by atoms with E-state index in [0.717, 1.165) is 26.7 Å². The highest BCUT2D eigenvalue weighted by atomic mass is 31.3. The molecular formula is C5H15Al3O16P6. The third kappa shape index (κ3) is 9.68. The third-order valence-corrected chi connectivity index (χ3v) is 22.4. The second-order valence-corrected chi connectivity index (χ2v) is 22.9. The Labute approximate surface area is 190 Å². The van der Waals surface area contributed by atoms with Crippen LogP contribution in [0.15, 0.2) is 0 Å². The van der Waals surface area contributed by atoms with Gasteiger partial charge in [-0.1, -0.05) is 5.79 Å². The summed E-state index contributed by atoms with van der Waals surface area (Å²) >= 11 is -7.20. The summed E-state index contributed by atoms with van der Waals surface area (Å²) in [6.45, 7) is 3.48. The van der Waals surface area contributed by atoms with Crippen LogP contribution in [0.3, 0.4) is 0 Å². The van der Waals surface area contributed by atoms with Crippen LogP contribution in [0.1, 0.15) is 0 Å². The molecule has 0 aromatic rings. The molecule has 170 valence electrons. The lowest BCUT2D eigenvalue weighted by Gasteiger charge is -2.30. The molecule has 6 unspecified atom stereocenters. The maximum atomic E-state index is 12.9. The SMILES string of the molecule is [CH3][Al]1[O]P(C)(=O)OP2(=O)[O][Al][O]P(=O)(OP(C)(=O)[O][Al][O]P(C)(=O)O2)OP(C)(=O)[O]1. The van der Waals surface area contributed by atoms with E-state index in [1.54, 1.807) is 0 Å². The van der Waals surface area contributed by atoms with Crippen molar-refractivity contribution in [1.82, 2.24) is 0 Å². The quantitative estimate of drug-likeness (QED) is 0.288. The van der Waals surface area contributed by atoms with Crippen LogP contribution in [0.25, 0.3) is 0 Å². The fraction of sp³-hybridized carbons (Fsp3) is 1.00. The molecule has 0 saturated carbocycles. The van der Waals surface area contributed by atoms with Crippen LogP contribution >= 0.6 is 46.0 Å².